The molecule has 0 aliphatic rings. The van der Waals surface area contributed by atoms with Gasteiger partial charge in [-0.3, -0.25) is 0 Å². The first kappa shape index (κ1) is 46.0. The summed E-state index contributed by atoms with van der Waals surface area (Å²) in [5.74, 6) is 0.769. The van der Waals surface area contributed by atoms with Crippen molar-refractivity contribution in [2.45, 2.75) is 53.4 Å². The van der Waals surface area contributed by atoms with Gasteiger partial charge in [-0.2, -0.15) is 0 Å². The predicted octanol–water partition coefficient (Wildman–Crippen LogP) is 21.1. The normalized spacial score (nSPS) is 12.2. The Morgan fingerprint density at radius 1 is 0.295 bits per heavy atom. The fourth-order valence-electron chi connectivity index (χ4n) is 13.2. The lowest BCUT2D eigenvalue weighted by atomic mass is 9.94. The van der Waals surface area contributed by atoms with Crippen LogP contribution in [0.25, 0.3) is 98.4 Å². The summed E-state index contributed by atoms with van der Waals surface area (Å²) in [6, 6.07) is 86.5. The van der Waals surface area contributed by atoms with Crippen molar-refractivity contribution >= 4 is 110 Å². The third-order valence-corrected chi connectivity index (χ3v) is 17.0. The predicted molar refractivity (Wildman–Crippen MR) is 334 cm³/mol. The molecule has 0 saturated carbocycles. The topological polar surface area (TPSA) is 15.3 Å². The van der Waals surface area contributed by atoms with E-state index in [0.717, 1.165) is 34.1 Å². The van der Waals surface area contributed by atoms with Crippen LogP contribution in [-0.4, -0.2) is 8.80 Å². The molecule has 4 heteroatoms. The number of aromatic nitrogens is 2. The Bertz CT molecular complexity index is 4520. The zero-order valence-corrected chi connectivity index (χ0v) is 44.9. The van der Waals surface area contributed by atoms with Gasteiger partial charge in [-0.25, -0.2) is 0 Å². The van der Waals surface area contributed by atoms with Crippen molar-refractivity contribution in [3.05, 3.63) is 253 Å². The molecule has 15 rings (SSSR count). The highest BCUT2D eigenvalue weighted by atomic mass is 15.2. The summed E-state index contributed by atoms with van der Waals surface area (Å²) < 4.78 is 5.14. The molecule has 0 aliphatic heterocycles. The van der Waals surface area contributed by atoms with Crippen LogP contribution in [0, 0.1) is 13.8 Å². The van der Waals surface area contributed by atoms with Crippen LogP contribution in [0.15, 0.2) is 231 Å². The Morgan fingerprint density at radius 3 is 1.08 bits per heavy atom. The van der Waals surface area contributed by atoms with E-state index in [2.05, 4.69) is 291 Å². The first-order chi connectivity index (χ1) is 38.2. The van der Waals surface area contributed by atoms with Crippen LogP contribution in [0.1, 0.15) is 61.8 Å². The lowest BCUT2D eigenvalue weighted by Gasteiger charge is -2.30. The molecule has 0 saturated heterocycles. The second-order valence-electron chi connectivity index (χ2n) is 22.1. The molecule has 15 aromatic rings. The van der Waals surface area contributed by atoms with E-state index in [1.807, 2.05) is 0 Å². The van der Waals surface area contributed by atoms with E-state index in [9.17, 15) is 0 Å². The Labute approximate surface area is 454 Å². The van der Waals surface area contributed by atoms with Gasteiger partial charge in [0, 0.05) is 65.6 Å². The standard InChI is InChI=1S/C74H58N4/c1-45(2)51-33-37-65(57(41-51)49-23-9-7-10-24-49)75(61-29-17-13-21-47(61)5)67-39-35-53-59-43-70-60(44-69(59)77-63-31-19-15-27-55(63)71(67)73(53)77)54-36-40-68(72-56-28-16-20-32-64(56)78(70)74(54)72)76(62-30-18-14-22-48(62)6)66-38-34-52(46(3)4)42-58(66)50-25-11-8-12-26-50/h7-46H,1-6H3. The third kappa shape index (κ3) is 6.72. The molecule has 0 bridgehead atoms. The lowest BCUT2D eigenvalue weighted by molar-refractivity contribution is 0.867. The number of benzene rings is 11. The lowest BCUT2D eigenvalue weighted by Crippen LogP contribution is -2.13. The van der Waals surface area contributed by atoms with E-state index in [4.69, 9.17) is 0 Å². The summed E-state index contributed by atoms with van der Waals surface area (Å²) in [7, 11) is 0. The van der Waals surface area contributed by atoms with E-state index < -0.39 is 0 Å². The summed E-state index contributed by atoms with van der Waals surface area (Å²) in [6.07, 6.45) is 0. The smallest absolute Gasteiger partial charge is 0.0641 e. The Morgan fingerprint density at radius 2 is 0.667 bits per heavy atom. The van der Waals surface area contributed by atoms with Crippen molar-refractivity contribution in [2.24, 2.45) is 0 Å². The molecular formula is C74H58N4. The van der Waals surface area contributed by atoms with E-state index in [0.29, 0.717) is 11.8 Å². The molecule has 0 radical (unpaired) electrons. The van der Waals surface area contributed by atoms with Crippen molar-refractivity contribution in [2.75, 3.05) is 9.80 Å². The van der Waals surface area contributed by atoms with Crippen molar-refractivity contribution in [1.82, 2.24) is 8.80 Å². The third-order valence-electron chi connectivity index (χ3n) is 17.0. The molecule has 78 heavy (non-hydrogen) atoms. The van der Waals surface area contributed by atoms with Crippen LogP contribution in [0.2, 0.25) is 0 Å². The molecule has 0 unspecified atom stereocenters. The Kier molecular flexibility index (Phi) is 10.4. The maximum Gasteiger partial charge on any atom is 0.0641 e. The van der Waals surface area contributed by atoms with Crippen molar-refractivity contribution in [1.29, 1.82) is 0 Å². The average molecular weight is 1000 g/mol. The van der Waals surface area contributed by atoms with Crippen molar-refractivity contribution in [3.63, 3.8) is 0 Å². The highest BCUT2D eigenvalue weighted by molar-refractivity contribution is 6.32. The molecule has 0 fully saturated rings. The number of hydrogen-bond donors (Lipinski definition) is 0. The second kappa shape index (κ2) is 17.6. The van der Waals surface area contributed by atoms with Crippen LogP contribution < -0.4 is 9.80 Å². The van der Waals surface area contributed by atoms with Gasteiger partial charge in [-0.1, -0.05) is 185 Å². The minimum Gasteiger partial charge on any atom is -0.309 e. The van der Waals surface area contributed by atoms with Gasteiger partial charge in [0.05, 0.1) is 55.8 Å². The van der Waals surface area contributed by atoms with E-state index in [-0.39, 0.29) is 0 Å². The fourth-order valence-corrected chi connectivity index (χ4v) is 13.2. The number of hydrogen-bond acceptors (Lipinski definition) is 2. The monoisotopic (exact) mass is 1000 g/mol. The molecule has 0 aliphatic carbocycles. The zero-order chi connectivity index (χ0) is 52.5. The minimum absolute atomic E-state index is 0.384. The van der Waals surface area contributed by atoms with Crippen LogP contribution in [-0.2, 0) is 0 Å². The maximum atomic E-state index is 2.57. The fraction of sp³-hybridized carbons (Fsp3) is 0.108. The summed E-state index contributed by atoms with van der Waals surface area (Å²) in [5.41, 5.74) is 24.2. The molecule has 4 nitrogen and oxygen atoms in total. The van der Waals surface area contributed by atoms with Gasteiger partial charge in [0.1, 0.15) is 0 Å². The van der Waals surface area contributed by atoms with E-state index in [1.165, 1.54) is 121 Å². The SMILES string of the molecule is Cc1ccccc1N(c1ccc(C(C)C)cc1-c1ccccc1)c1ccc2c3cc4c(cc3n3c5ccccc5c1c23)c1ccc(N(c2ccccc2C)c2ccc(C(C)C)cc2-c2ccccc2)c2c3ccccc3n4c12. The van der Waals surface area contributed by atoms with Crippen LogP contribution in [0.5, 0.6) is 0 Å². The van der Waals surface area contributed by atoms with Gasteiger partial charge < -0.3 is 18.6 Å². The Hall–Kier alpha value is -9.38. The number of anilines is 6. The first-order valence-electron chi connectivity index (χ1n) is 27.7. The van der Waals surface area contributed by atoms with Gasteiger partial charge in [-0.05, 0) is 132 Å². The molecule has 0 atom stereocenters. The summed E-state index contributed by atoms with van der Waals surface area (Å²) >= 11 is 0. The minimum atomic E-state index is 0.384. The Balaban J connectivity index is 1.01. The summed E-state index contributed by atoms with van der Waals surface area (Å²) in [4.78, 5) is 5.08. The number of nitrogens with zero attached hydrogens (tertiary/aromatic N) is 4. The summed E-state index contributed by atoms with van der Waals surface area (Å²) in [6.45, 7) is 13.6. The van der Waals surface area contributed by atoms with Crippen molar-refractivity contribution < 1.29 is 0 Å². The highest BCUT2D eigenvalue weighted by Crippen LogP contribution is 2.53. The molecular weight excluding hydrogens is 945 g/mol. The van der Waals surface area contributed by atoms with Gasteiger partial charge in [-0.15, -0.1) is 0 Å². The average Bonchev–Trinajstić information content (AvgIpc) is 4.41. The van der Waals surface area contributed by atoms with Gasteiger partial charge in [0.25, 0.3) is 0 Å². The molecule has 374 valence electrons. The largest absolute Gasteiger partial charge is 0.309 e. The first-order valence-corrected chi connectivity index (χ1v) is 27.7. The molecule has 0 spiro atoms. The van der Waals surface area contributed by atoms with Gasteiger partial charge in [0.15, 0.2) is 0 Å². The number of fused-ring (bicyclic) bond motifs is 12. The van der Waals surface area contributed by atoms with Crippen LogP contribution in [0.4, 0.5) is 34.1 Å². The van der Waals surface area contributed by atoms with Crippen molar-refractivity contribution in [3.8, 4) is 22.3 Å². The zero-order valence-electron chi connectivity index (χ0n) is 44.9. The number of aryl methyl sites for hydroxylation is 2. The summed E-state index contributed by atoms with van der Waals surface area (Å²) in [5, 5.41) is 9.98. The highest BCUT2D eigenvalue weighted by Gasteiger charge is 2.30. The molecule has 11 aromatic carbocycles. The van der Waals surface area contributed by atoms with E-state index in [1.54, 1.807) is 0 Å². The molecule has 4 aromatic heterocycles. The maximum absolute atomic E-state index is 2.57. The number of para-hydroxylation sites is 4. The second-order valence-corrected chi connectivity index (χ2v) is 22.1. The van der Waals surface area contributed by atoms with Crippen LogP contribution in [0.3, 0.4) is 0 Å². The molecule has 0 N–H and O–H groups in total. The van der Waals surface area contributed by atoms with Crippen LogP contribution >= 0.6 is 0 Å². The van der Waals surface area contributed by atoms with Gasteiger partial charge >= 0.3 is 0 Å². The van der Waals surface area contributed by atoms with Gasteiger partial charge in [0.2, 0.25) is 0 Å². The quantitative estimate of drug-likeness (QED) is 0.136. The van der Waals surface area contributed by atoms with E-state index >= 15 is 0 Å². The molecule has 0 amide bonds. The number of rotatable bonds is 10. The molecule has 4 heterocycles.